The first-order valence-corrected chi connectivity index (χ1v) is 44.6. The second-order valence-electron chi connectivity index (χ2n) is 28.4. The van der Waals surface area contributed by atoms with E-state index in [1.54, 1.807) is 0 Å². The molecule has 0 aliphatic carbocycles. The van der Waals surface area contributed by atoms with Gasteiger partial charge in [0.2, 0.25) is 0 Å². The number of carbonyl (C=O) groups excluding carboxylic acids is 4. The zero-order valence-corrected chi connectivity index (χ0v) is 66.5. The molecule has 0 aromatic heterocycles. The molecule has 0 fully saturated rings. The van der Waals surface area contributed by atoms with E-state index in [0.29, 0.717) is 25.7 Å². The highest BCUT2D eigenvalue weighted by Crippen LogP contribution is 2.45. The molecule has 0 amide bonds. The lowest BCUT2D eigenvalue weighted by Crippen LogP contribution is -2.30. The number of carbonyl (C=O) groups is 4. The largest absolute Gasteiger partial charge is 0.472 e. The molecule has 0 spiro atoms. The third-order valence-electron chi connectivity index (χ3n) is 18.4. The molecule has 100 heavy (non-hydrogen) atoms. The van der Waals surface area contributed by atoms with Crippen molar-refractivity contribution < 1.29 is 80.2 Å². The summed E-state index contributed by atoms with van der Waals surface area (Å²) in [6, 6.07) is 0. The van der Waals surface area contributed by atoms with E-state index in [4.69, 9.17) is 37.0 Å². The van der Waals surface area contributed by atoms with Crippen LogP contribution in [-0.2, 0) is 65.4 Å². The van der Waals surface area contributed by atoms with Gasteiger partial charge in [-0.2, -0.15) is 0 Å². The molecule has 17 nitrogen and oxygen atoms in total. The van der Waals surface area contributed by atoms with Gasteiger partial charge in [0.05, 0.1) is 26.4 Å². The average Bonchev–Trinajstić information content (AvgIpc) is 1.25. The van der Waals surface area contributed by atoms with E-state index in [9.17, 15) is 43.2 Å². The Morgan fingerprint density at radius 1 is 0.270 bits per heavy atom. The van der Waals surface area contributed by atoms with Crippen molar-refractivity contribution in [2.24, 2.45) is 0 Å². The number of aliphatic hydroxyl groups is 1. The molecule has 0 radical (unpaired) electrons. The minimum Gasteiger partial charge on any atom is -0.462 e. The molecule has 2 unspecified atom stereocenters. The molecule has 0 saturated heterocycles. The van der Waals surface area contributed by atoms with Crippen LogP contribution in [-0.4, -0.2) is 96.7 Å². The van der Waals surface area contributed by atoms with E-state index in [1.165, 1.54) is 199 Å². The minimum absolute atomic E-state index is 0.0960. The highest BCUT2D eigenvalue weighted by molar-refractivity contribution is 7.47. The van der Waals surface area contributed by atoms with Gasteiger partial charge >= 0.3 is 39.5 Å². The normalized spacial score (nSPS) is 13.9. The van der Waals surface area contributed by atoms with Crippen LogP contribution in [0.25, 0.3) is 0 Å². The van der Waals surface area contributed by atoms with Crippen molar-refractivity contribution in [1.82, 2.24) is 0 Å². The predicted molar refractivity (Wildman–Crippen MR) is 409 cm³/mol. The number of ether oxygens (including phenoxy) is 4. The van der Waals surface area contributed by atoms with E-state index < -0.39 is 97.5 Å². The van der Waals surface area contributed by atoms with Crippen molar-refractivity contribution in [3.8, 4) is 0 Å². The summed E-state index contributed by atoms with van der Waals surface area (Å²) in [7, 11) is -9.93. The summed E-state index contributed by atoms with van der Waals surface area (Å²) >= 11 is 0. The lowest BCUT2D eigenvalue weighted by atomic mass is 10.0. The smallest absolute Gasteiger partial charge is 0.462 e. The lowest BCUT2D eigenvalue weighted by Gasteiger charge is -2.21. The van der Waals surface area contributed by atoms with Gasteiger partial charge in [-0.25, -0.2) is 9.13 Å². The van der Waals surface area contributed by atoms with Crippen LogP contribution in [0.3, 0.4) is 0 Å². The molecule has 0 bridgehead atoms. The fourth-order valence-corrected chi connectivity index (χ4v) is 13.6. The third kappa shape index (κ3) is 73.8. The number of unbranched alkanes of at least 4 members (excludes halogenated alkanes) is 50. The molecule has 5 atom stereocenters. The summed E-state index contributed by atoms with van der Waals surface area (Å²) in [5.41, 5.74) is 0. The highest BCUT2D eigenvalue weighted by atomic mass is 31.2. The van der Waals surface area contributed by atoms with E-state index in [0.717, 1.165) is 135 Å². The van der Waals surface area contributed by atoms with Crippen molar-refractivity contribution in [3.05, 3.63) is 24.3 Å². The van der Waals surface area contributed by atoms with Crippen LogP contribution in [0.4, 0.5) is 0 Å². The summed E-state index contributed by atoms with van der Waals surface area (Å²) in [5, 5.41) is 10.6. The second-order valence-corrected chi connectivity index (χ2v) is 31.3. The number of hydrogen-bond acceptors (Lipinski definition) is 15. The fraction of sp³-hybridized carbons (Fsp3) is 0.901. The Kier molecular flexibility index (Phi) is 73.0. The van der Waals surface area contributed by atoms with E-state index in [-0.39, 0.29) is 25.7 Å². The van der Waals surface area contributed by atoms with Crippen LogP contribution in [0.5, 0.6) is 0 Å². The summed E-state index contributed by atoms with van der Waals surface area (Å²) in [6.07, 6.45) is 69.9. The van der Waals surface area contributed by atoms with E-state index >= 15 is 0 Å². The van der Waals surface area contributed by atoms with Gasteiger partial charge in [0.25, 0.3) is 0 Å². The van der Waals surface area contributed by atoms with Gasteiger partial charge in [0, 0.05) is 25.7 Å². The quantitative estimate of drug-likeness (QED) is 0.0169. The monoisotopic (exact) mass is 1460 g/mol. The van der Waals surface area contributed by atoms with Gasteiger partial charge in [-0.3, -0.25) is 37.3 Å². The van der Waals surface area contributed by atoms with Crippen molar-refractivity contribution in [3.63, 3.8) is 0 Å². The van der Waals surface area contributed by atoms with Crippen LogP contribution in [0.15, 0.2) is 24.3 Å². The SMILES string of the molecule is CCCCCC/C=C\CCCCCCCCCC(=O)O[C@H](COC(=O)CCCCCCC/C=C\CCCCCCCC)COP(=O)(O)OC[C@@H](O)COP(=O)(O)OC[C@@H](COC(=O)CCCCCCCCCCCCCCCCC)OC(=O)CCCCCCCCCCCCCCCCC. The maximum Gasteiger partial charge on any atom is 0.472 e. The molecule has 0 aromatic rings. The molecule has 3 N–H and O–H groups in total. The maximum atomic E-state index is 13.1. The Labute approximate surface area is 612 Å². The van der Waals surface area contributed by atoms with Crippen LogP contribution >= 0.6 is 15.6 Å². The maximum absolute atomic E-state index is 13.1. The molecule has 0 aliphatic heterocycles. The standard InChI is InChI=1S/C81H154O17P2/c1-5-9-13-17-21-25-29-33-37-41-45-49-53-57-61-65-78(83)91-71-76(97-80(85)67-63-59-55-51-47-43-39-35-31-27-23-19-15-11-7-3)73-95-99(87,88)93-69-75(82)70-94-100(89,90)96-74-77(98-81(86)68-64-60-56-52-48-44-40-36-32-28-24-20-16-12-8-4)72-92-79(84)66-62-58-54-50-46-42-38-34-30-26-22-18-14-10-6-2/h27,31,33,37,75-77,82H,5-26,28-30,32,34-36,38-74H2,1-4H3,(H,87,88)(H,89,90)/b31-27-,37-33-/t75-,76-,77-/m1/s1. The number of esters is 4. The van der Waals surface area contributed by atoms with E-state index in [1.807, 2.05) is 0 Å². The average molecular weight is 1460 g/mol. The summed E-state index contributed by atoms with van der Waals surface area (Å²) in [5.74, 6) is -2.13. The number of rotatable bonds is 80. The van der Waals surface area contributed by atoms with Crippen LogP contribution in [0, 0.1) is 0 Å². The van der Waals surface area contributed by atoms with E-state index in [2.05, 4.69) is 52.0 Å². The first-order chi connectivity index (χ1) is 48.7. The van der Waals surface area contributed by atoms with Gasteiger partial charge in [-0.15, -0.1) is 0 Å². The van der Waals surface area contributed by atoms with Gasteiger partial charge in [0.1, 0.15) is 19.3 Å². The predicted octanol–water partition coefficient (Wildman–Crippen LogP) is 24.1. The Balaban J connectivity index is 5.30. The number of aliphatic hydroxyl groups excluding tert-OH is 1. The second kappa shape index (κ2) is 74.8. The van der Waals surface area contributed by atoms with Crippen LogP contribution < -0.4 is 0 Å². The molecule has 0 saturated carbocycles. The number of hydrogen-bond donors (Lipinski definition) is 3. The highest BCUT2D eigenvalue weighted by Gasteiger charge is 2.30. The van der Waals surface area contributed by atoms with Gasteiger partial charge < -0.3 is 33.8 Å². The van der Waals surface area contributed by atoms with Gasteiger partial charge in [-0.05, 0) is 77.0 Å². The lowest BCUT2D eigenvalue weighted by molar-refractivity contribution is -0.161. The molecular formula is C81H154O17P2. The molecular weight excluding hydrogens is 1310 g/mol. The zero-order chi connectivity index (χ0) is 73.2. The Hall–Kier alpha value is -2.46. The summed E-state index contributed by atoms with van der Waals surface area (Å²) in [6.45, 7) is 4.97. The van der Waals surface area contributed by atoms with Crippen molar-refractivity contribution >= 4 is 39.5 Å². The number of allylic oxidation sites excluding steroid dienone is 4. The first kappa shape index (κ1) is 97.5. The molecule has 0 heterocycles. The molecule has 590 valence electrons. The summed E-state index contributed by atoms with van der Waals surface area (Å²) < 4.78 is 68.7. The van der Waals surface area contributed by atoms with Crippen molar-refractivity contribution in [2.45, 2.75) is 431 Å². The molecule has 0 aliphatic rings. The fourth-order valence-electron chi connectivity index (χ4n) is 12.0. The Morgan fingerprint density at radius 2 is 0.460 bits per heavy atom. The molecule has 19 heteroatoms. The van der Waals surface area contributed by atoms with Crippen LogP contribution in [0.2, 0.25) is 0 Å². The minimum atomic E-state index is -4.97. The zero-order valence-electron chi connectivity index (χ0n) is 64.7. The van der Waals surface area contributed by atoms with Crippen molar-refractivity contribution in [1.29, 1.82) is 0 Å². The Morgan fingerprint density at radius 3 is 0.700 bits per heavy atom. The summed E-state index contributed by atoms with van der Waals surface area (Å²) in [4.78, 5) is 73.1. The van der Waals surface area contributed by atoms with Gasteiger partial charge in [-0.1, -0.05) is 335 Å². The van der Waals surface area contributed by atoms with Crippen LogP contribution in [0.1, 0.15) is 413 Å². The third-order valence-corrected chi connectivity index (χ3v) is 20.3. The number of phosphoric acid groups is 2. The topological polar surface area (TPSA) is 237 Å². The molecule has 0 rings (SSSR count). The first-order valence-electron chi connectivity index (χ1n) is 41.6. The van der Waals surface area contributed by atoms with Crippen molar-refractivity contribution in [2.75, 3.05) is 39.6 Å². The molecule has 0 aromatic carbocycles. The van der Waals surface area contributed by atoms with Gasteiger partial charge in [0.15, 0.2) is 12.2 Å². The Bertz CT molecular complexity index is 1990. The number of phosphoric ester groups is 2.